The zero-order chi connectivity index (χ0) is 19.4. The molecule has 0 spiro atoms. The van der Waals surface area contributed by atoms with Crippen molar-refractivity contribution in [1.29, 1.82) is 0 Å². The first-order chi connectivity index (χ1) is 13.5. The molecule has 2 heterocycles. The van der Waals surface area contributed by atoms with Gasteiger partial charge >= 0.3 is 0 Å². The second-order valence-electron chi connectivity index (χ2n) is 8.61. The van der Waals surface area contributed by atoms with E-state index in [2.05, 4.69) is 12.1 Å². The molecule has 4 atom stereocenters. The standard InChI is InChI=1S/C22H27N3O2S/c1-13-16-4-2-3-5-17(16)28-20(13)22(27)25-10-8-24(9-11-25)21(26)18-14-6-7-15(12-14)19(18)23/h2-5,14-15,18-19H,6-12,23H2,1H3. The number of carbonyl (C=O) groups excluding carboxylic acids is 2. The van der Waals surface area contributed by atoms with Crippen LogP contribution in [0.15, 0.2) is 24.3 Å². The number of hydrogen-bond acceptors (Lipinski definition) is 4. The number of aryl methyl sites for hydroxylation is 1. The second-order valence-corrected chi connectivity index (χ2v) is 9.66. The second kappa shape index (κ2) is 6.85. The molecular weight excluding hydrogens is 370 g/mol. The van der Waals surface area contributed by atoms with Gasteiger partial charge in [0.05, 0.1) is 10.8 Å². The number of nitrogens with two attached hydrogens (primary N) is 1. The van der Waals surface area contributed by atoms with Crippen molar-refractivity contribution in [2.24, 2.45) is 23.5 Å². The summed E-state index contributed by atoms with van der Waals surface area (Å²) in [6, 6.07) is 8.21. The molecule has 5 rings (SSSR count). The van der Waals surface area contributed by atoms with Gasteiger partial charge in [-0.1, -0.05) is 18.2 Å². The number of nitrogens with zero attached hydrogens (tertiary/aromatic N) is 2. The fourth-order valence-corrected chi connectivity index (χ4v) is 6.74. The summed E-state index contributed by atoms with van der Waals surface area (Å²) < 4.78 is 1.16. The fourth-order valence-electron chi connectivity index (χ4n) is 5.56. The average Bonchev–Trinajstić information content (AvgIpc) is 3.41. The Balaban J connectivity index is 1.26. The SMILES string of the molecule is Cc1c(C(=O)N2CCN(C(=O)C3C4CCC(C4)C3N)CC2)sc2ccccc12. The van der Waals surface area contributed by atoms with Crippen molar-refractivity contribution in [2.45, 2.75) is 32.2 Å². The van der Waals surface area contributed by atoms with Crippen LogP contribution in [-0.2, 0) is 4.79 Å². The van der Waals surface area contributed by atoms with Crippen molar-refractivity contribution in [3.05, 3.63) is 34.7 Å². The topological polar surface area (TPSA) is 66.6 Å². The summed E-state index contributed by atoms with van der Waals surface area (Å²) in [5.41, 5.74) is 7.43. The number of amides is 2. The Bertz CT molecular complexity index is 929. The fraction of sp³-hybridized carbons (Fsp3) is 0.545. The van der Waals surface area contributed by atoms with Crippen molar-refractivity contribution < 1.29 is 9.59 Å². The molecule has 1 aromatic carbocycles. The smallest absolute Gasteiger partial charge is 0.264 e. The number of fused-ring (bicyclic) bond motifs is 3. The molecule has 0 radical (unpaired) electrons. The van der Waals surface area contributed by atoms with Crippen LogP contribution in [0.4, 0.5) is 0 Å². The van der Waals surface area contributed by atoms with E-state index in [-0.39, 0.29) is 23.8 Å². The van der Waals surface area contributed by atoms with Crippen LogP contribution in [0, 0.1) is 24.7 Å². The third-order valence-corrected chi connectivity index (χ3v) is 8.44. The van der Waals surface area contributed by atoms with Crippen LogP contribution >= 0.6 is 11.3 Å². The Morgan fingerprint density at radius 2 is 1.71 bits per heavy atom. The third-order valence-electron chi connectivity index (χ3n) is 7.18. The molecule has 1 saturated heterocycles. The van der Waals surface area contributed by atoms with Crippen molar-refractivity contribution in [3.63, 3.8) is 0 Å². The van der Waals surface area contributed by atoms with E-state index in [1.165, 1.54) is 6.42 Å². The molecule has 2 saturated carbocycles. The molecule has 5 nitrogen and oxygen atoms in total. The maximum Gasteiger partial charge on any atom is 0.264 e. The molecule has 2 bridgehead atoms. The summed E-state index contributed by atoms with van der Waals surface area (Å²) in [6.45, 7) is 4.48. The molecule has 2 aliphatic carbocycles. The van der Waals surface area contributed by atoms with Gasteiger partial charge < -0.3 is 15.5 Å². The lowest BCUT2D eigenvalue weighted by Gasteiger charge is -2.38. The number of thiophene rings is 1. The number of rotatable bonds is 2. The Hall–Kier alpha value is -1.92. The van der Waals surface area contributed by atoms with Gasteiger partial charge in [-0.3, -0.25) is 9.59 Å². The normalized spacial score (nSPS) is 29.6. The highest BCUT2D eigenvalue weighted by atomic mass is 32.1. The minimum atomic E-state index is 0.00541. The Labute approximate surface area is 169 Å². The van der Waals surface area contributed by atoms with Crippen molar-refractivity contribution in [2.75, 3.05) is 26.2 Å². The van der Waals surface area contributed by atoms with Gasteiger partial charge in [-0.05, 0) is 55.0 Å². The van der Waals surface area contributed by atoms with Crippen LogP contribution in [-0.4, -0.2) is 53.8 Å². The molecule has 1 aliphatic heterocycles. The van der Waals surface area contributed by atoms with Crippen molar-refractivity contribution in [1.82, 2.24) is 9.80 Å². The first-order valence-electron chi connectivity index (χ1n) is 10.4. The van der Waals surface area contributed by atoms with Gasteiger partial charge in [0.2, 0.25) is 5.91 Å². The average molecular weight is 398 g/mol. The number of hydrogen-bond donors (Lipinski definition) is 1. The quantitative estimate of drug-likeness (QED) is 0.847. The summed E-state index contributed by atoms with van der Waals surface area (Å²) in [5.74, 6) is 1.35. The summed E-state index contributed by atoms with van der Waals surface area (Å²) in [6.07, 6.45) is 3.46. The first kappa shape index (κ1) is 18.1. The van der Waals surface area contributed by atoms with E-state index < -0.39 is 0 Å². The minimum Gasteiger partial charge on any atom is -0.339 e. The molecule has 2 N–H and O–H groups in total. The molecule has 2 amide bonds. The highest BCUT2D eigenvalue weighted by molar-refractivity contribution is 7.21. The van der Waals surface area contributed by atoms with Gasteiger partial charge in [-0.2, -0.15) is 0 Å². The molecule has 148 valence electrons. The van der Waals surface area contributed by atoms with Gasteiger partial charge in [-0.25, -0.2) is 0 Å². The van der Waals surface area contributed by atoms with Crippen LogP contribution in [0.2, 0.25) is 0 Å². The van der Waals surface area contributed by atoms with E-state index in [9.17, 15) is 9.59 Å². The van der Waals surface area contributed by atoms with E-state index in [1.807, 2.05) is 28.9 Å². The highest BCUT2D eigenvalue weighted by Crippen LogP contribution is 2.48. The Morgan fingerprint density at radius 3 is 2.39 bits per heavy atom. The number of benzene rings is 1. The molecule has 6 heteroatoms. The Kier molecular flexibility index (Phi) is 4.43. The Morgan fingerprint density at radius 1 is 1.04 bits per heavy atom. The largest absolute Gasteiger partial charge is 0.339 e. The lowest BCUT2D eigenvalue weighted by Crippen LogP contribution is -2.54. The maximum atomic E-state index is 13.1. The molecule has 4 unspecified atom stereocenters. The lowest BCUT2D eigenvalue weighted by molar-refractivity contribution is -0.139. The highest BCUT2D eigenvalue weighted by Gasteiger charge is 2.50. The van der Waals surface area contributed by atoms with Crippen LogP contribution < -0.4 is 5.73 Å². The van der Waals surface area contributed by atoms with E-state index in [1.54, 1.807) is 11.3 Å². The van der Waals surface area contributed by atoms with E-state index >= 15 is 0 Å². The molecule has 2 aromatic rings. The van der Waals surface area contributed by atoms with Crippen LogP contribution in [0.1, 0.15) is 34.5 Å². The summed E-state index contributed by atoms with van der Waals surface area (Å²) in [4.78, 5) is 30.8. The van der Waals surface area contributed by atoms with Crippen LogP contribution in [0.25, 0.3) is 10.1 Å². The number of piperazine rings is 1. The van der Waals surface area contributed by atoms with Gasteiger partial charge in [0, 0.05) is 36.9 Å². The van der Waals surface area contributed by atoms with Gasteiger partial charge in [0.15, 0.2) is 0 Å². The zero-order valence-corrected chi connectivity index (χ0v) is 17.1. The molecule has 1 aromatic heterocycles. The summed E-state index contributed by atoms with van der Waals surface area (Å²) in [7, 11) is 0. The predicted octanol–water partition coefficient (Wildman–Crippen LogP) is 2.87. The van der Waals surface area contributed by atoms with Crippen molar-refractivity contribution >= 4 is 33.2 Å². The molecular formula is C22H27N3O2S. The number of carbonyl (C=O) groups is 2. The third kappa shape index (κ3) is 2.77. The van der Waals surface area contributed by atoms with Crippen molar-refractivity contribution in [3.8, 4) is 0 Å². The molecule has 28 heavy (non-hydrogen) atoms. The lowest BCUT2D eigenvalue weighted by atomic mass is 9.84. The van der Waals surface area contributed by atoms with Gasteiger partial charge in [0.25, 0.3) is 5.91 Å². The predicted molar refractivity (Wildman–Crippen MR) is 111 cm³/mol. The monoisotopic (exact) mass is 397 g/mol. The molecule has 3 fully saturated rings. The van der Waals surface area contributed by atoms with Crippen LogP contribution in [0.5, 0.6) is 0 Å². The summed E-state index contributed by atoms with van der Waals surface area (Å²) >= 11 is 1.57. The van der Waals surface area contributed by atoms with E-state index in [0.29, 0.717) is 38.0 Å². The zero-order valence-electron chi connectivity index (χ0n) is 16.3. The molecule has 3 aliphatic rings. The first-order valence-corrected chi connectivity index (χ1v) is 11.2. The van der Waals surface area contributed by atoms with Gasteiger partial charge in [0.1, 0.15) is 0 Å². The summed E-state index contributed by atoms with van der Waals surface area (Å²) in [5, 5.41) is 1.16. The van der Waals surface area contributed by atoms with E-state index in [0.717, 1.165) is 33.4 Å². The maximum absolute atomic E-state index is 13.1. The minimum absolute atomic E-state index is 0.00541. The van der Waals surface area contributed by atoms with Gasteiger partial charge in [-0.15, -0.1) is 11.3 Å². The van der Waals surface area contributed by atoms with E-state index in [4.69, 9.17) is 5.73 Å². The van der Waals surface area contributed by atoms with Crippen LogP contribution in [0.3, 0.4) is 0 Å².